The third-order valence-electron chi connectivity index (χ3n) is 3.42. The van der Waals surface area contributed by atoms with Crippen molar-refractivity contribution < 1.29 is 9.53 Å². The Bertz CT molecular complexity index is 751. The Morgan fingerprint density at radius 3 is 2.95 bits per heavy atom. The van der Waals surface area contributed by atoms with Crippen LogP contribution in [0, 0.1) is 0 Å². The Kier molecular flexibility index (Phi) is 3.68. The molecule has 1 aromatic heterocycles. The molecular weight excluding hydrogens is 270 g/mol. The standard InChI is InChI=1S/C15H15N3O3/c19-14-12-7-2-1-6-11(12)13(17-18-14)15(20)16-9-10-5-3-4-8-21-10/h1-2,4,6-8,10H,3,5,9H2,(H,16,20)(H,18,19). The van der Waals surface area contributed by atoms with Gasteiger partial charge in [0.25, 0.3) is 11.5 Å². The molecule has 2 heterocycles. The number of nitrogens with one attached hydrogen (secondary N) is 2. The second-order valence-corrected chi connectivity index (χ2v) is 4.86. The van der Waals surface area contributed by atoms with Crippen molar-refractivity contribution in [3.05, 3.63) is 52.7 Å². The van der Waals surface area contributed by atoms with Crippen LogP contribution >= 0.6 is 0 Å². The van der Waals surface area contributed by atoms with Crippen molar-refractivity contribution in [2.75, 3.05) is 6.54 Å². The number of ether oxygens (including phenoxy) is 1. The number of carbonyl (C=O) groups is 1. The molecule has 6 nitrogen and oxygen atoms in total. The average Bonchev–Trinajstić information content (AvgIpc) is 2.54. The van der Waals surface area contributed by atoms with Crippen LogP contribution in [0.1, 0.15) is 23.3 Å². The molecule has 0 radical (unpaired) electrons. The van der Waals surface area contributed by atoms with E-state index in [4.69, 9.17) is 4.74 Å². The van der Waals surface area contributed by atoms with Crippen LogP contribution in [-0.2, 0) is 4.74 Å². The van der Waals surface area contributed by atoms with E-state index < -0.39 is 0 Å². The second-order valence-electron chi connectivity index (χ2n) is 4.86. The summed E-state index contributed by atoms with van der Waals surface area (Å²) in [7, 11) is 0. The molecule has 0 spiro atoms. The lowest BCUT2D eigenvalue weighted by Gasteiger charge is -2.19. The Balaban J connectivity index is 1.80. The van der Waals surface area contributed by atoms with Crippen LogP contribution in [0.5, 0.6) is 0 Å². The molecule has 2 N–H and O–H groups in total. The number of hydrogen-bond donors (Lipinski definition) is 2. The number of carbonyl (C=O) groups excluding carboxylic acids is 1. The quantitative estimate of drug-likeness (QED) is 0.891. The zero-order valence-electron chi connectivity index (χ0n) is 11.3. The topological polar surface area (TPSA) is 84.1 Å². The first kappa shape index (κ1) is 13.4. The lowest BCUT2D eigenvalue weighted by molar-refractivity contribution is 0.0872. The highest BCUT2D eigenvalue weighted by Crippen LogP contribution is 2.13. The number of fused-ring (bicyclic) bond motifs is 1. The first-order valence-corrected chi connectivity index (χ1v) is 6.82. The van der Waals surface area contributed by atoms with Crippen LogP contribution in [-0.4, -0.2) is 28.8 Å². The summed E-state index contributed by atoms with van der Waals surface area (Å²) in [4.78, 5) is 23.9. The molecule has 0 bridgehead atoms. The first-order valence-electron chi connectivity index (χ1n) is 6.82. The number of H-pyrrole nitrogens is 1. The summed E-state index contributed by atoms with van der Waals surface area (Å²) < 4.78 is 5.40. The van der Waals surface area contributed by atoms with E-state index in [9.17, 15) is 9.59 Å². The molecule has 1 aliphatic rings. The predicted octanol–water partition coefficient (Wildman–Crippen LogP) is 1.35. The van der Waals surface area contributed by atoms with Gasteiger partial charge in [0, 0.05) is 5.39 Å². The summed E-state index contributed by atoms with van der Waals surface area (Å²) in [5, 5.41) is 10.0. The summed E-state index contributed by atoms with van der Waals surface area (Å²) in [6.07, 6.45) is 5.41. The third kappa shape index (κ3) is 2.79. The highest BCUT2D eigenvalue weighted by atomic mass is 16.5. The fourth-order valence-electron chi connectivity index (χ4n) is 2.31. The minimum Gasteiger partial charge on any atom is -0.497 e. The molecular formula is C15H15N3O3. The number of benzene rings is 1. The van der Waals surface area contributed by atoms with Gasteiger partial charge in [-0.25, -0.2) is 5.10 Å². The molecule has 3 rings (SSSR count). The maximum absolute atomic E-state index is 12.2. The molecule has 1 aliphatic heterocycles. The Morgan fingerprint density at radius 2 is 2.19 bits per heavy atom. The Morgan fingerprint density at radius 1 is 1.38 bits per heavy atom. The average molecular weight is 285 g/mol. The van der Waals surface area contributed by atoms with Crippen molar-refractivity contribution in [2.45, 2.75) is 18.9 Å². The molecule has 1 atom stereocenters. The normalized spacial score (nSPS) is 17.4. The maximum Gasteiger partial charge on any atom is 0.272 e. The minimum absolute atomic E-state index is 0.0204. The predicted molar refractivity (Wildman–Crippen MR) is 77.9 cm³/mol. The van der Waals surface area contributed by atoms with Gasteiger partial charge < -0.3 is 10.1 Å². The van der Waals surface area contributed by atoms with Gasteiger partial charge in [-0.3, -0.25) is 9.59 Å². The molecule has 1 amide bonds. The van der Waals surface area contributed by atoms with Crippen LogP contribution in [0.2, 0.25) is 0 Å². The van der Waals surface area contributed by atoms with Crippen LogP contribution < -0.4 is 10.9 Å². The monoisotopic (exact) mass is 285 g/mol. The van der Waals surface area contributed by atoms with E-state index in [1.54, 1.807) is 30.5 Å². The fraction of sp³-hybridized carbons (Fsp3) is 0.267. The number of aromatic nitrogens is 2. The van der Waals surface area contributed by atoms with Crippen molar-refractivity contribution >= 4 is 16.7 Å². The number of aromatic amines is 1. The highest BCUT2D eigenvalue weighted by molar-refractivity contribution is 6.04. The molecule has 0 saturated heterocycles. The van der Waals surface area contributed by atoms with Gasteiger partial charge in [-0.1, -0.05) is 18.2 Å². The van der Waals surface area contributed by atoms with Gasteiger partial charge in [-0.2, -0.15) is 5.10 Å². The Hall–Kier alpha value is -2.63. The van der Waals surface area contributed by atoms with Gasteiger partial charge in [-0.05, 0) is 25.0 Å². The molecule has 0 aliphatic carbocycles. The molecule has 1 unspecified atom stereocenters. The SMILES string of the molecule is O=C(NCC1CCC=CO1)c1n[nH]c(=O)c2ccccc12. The Labute approximate surface area is 120 Å². The van der Waals surface area contributed by atoms with Crippen LogP contribution in [0.3, 0.4) is 0 Å². The zero-order chi connectivity index (χ0) is 14.7. The third-order valence-corrected chi connectivity index (χ3v) is 3.42. The number of nitrogens with zero attached hydrogens (tertiary/aromatic N) is 1. The second kappa shape index (κ2) is 5.78. The zero-order valence-corrected chi connectivity index (χ0v) is 11.3. The van der Waals surface area contributed by atoms with E-state index in [0.717, 1.165) is 12.8 Å². The van der Waals surface area contributed by atoms with Crippen LogP contribution in [0.4, 0.5) is 0 Å². The number of rotatable bonds is 3. The smallest absolute Gasteiger partial charge is 0.272 e. The first-order chi connectivity index (χ1) is 10.3. The van der Waals surface area contributed by atoms with E-state index in [2.05, 4.69) is 15.5 Å². The summed E-state index contributed by atoms with van der Waals surface area (Å²) in [5.41, 5.74) is -0.0838. The number of hydrogen-bond acceptors (Lipinski definition) is 4. The highest BCUT2D eigenvalue weighted by Gasteiger charge is 2.16. The summed E-state index contributed by atoms with van der Waals surface area (Å²) in [6, 6.07) is 6.91. The van der Waals surface area contributed by atoms with Crippen LogP contribution in [0.15, 0.2) is 41.4 Å². The van der Waals surface area contributed by atoms with Gasteiger partial charge in [-0.15, -0.1) is 0 Å². The van der Waals surface area contributed by atoms with Gasteiger partial charge in [0.05, 0.1) is 18.2 Å². The molecule has 1 aromatic carbocycles. The summed E-state index contributed by atoms with van der Waals surface area (Å²) >= 11 is 0. The number of allylic oxidation sites excluding steroid dienone is 1. The van der Waals surface area contributed by atoms with E-state index >= 15 is 0 Å². The van der Waals surface area contributed by atoms with Crippen molar-refractivity contribution in [3.63, 3.8) is 0 Å². The number of amides is 1. The molecule has 21 heavy (non-hydrogen) atoms. The lowest BCUT2D eigenvalue weighted by atomic mass is 10.1. The molecule has 108 valence electrons. The van der Waals surface area contributed by atoms with Gasteiger partial charge in [0.2, 0.25) is 0 Å². The van der Waals surface area contributed by atoms with Crippen molar-refractivity contribution in [1.82, 2.24) is 15.5 Å². The van der Waals surface area contributed by atoms with E-state index in [1.165, 1.54) is 0 Å². The van der Waals surface area contributed by atoms with Crippen molar-refractivity contribution in [3.8, 4) is 0 Å². The van der Waals surface area contributed by atoms with E-state index in [1.807, 2.05) is 6.08 Å². The van der Waals surface area contributed by atoms with Crippen LogP contribution in [0.25, 0.3) is 10.8 Å². The fourth-order valence-corrected chi connectivity index (χ4v) is 2.31. The van der Waals surface area contributed by atoms with Crippen molar-refractivity contribution in [1.29, 1.82) is 0 Å². The molecule has 6 heteroatoms. The lowest BCUT2D eigenvalue weighted by Crippen LogP contribution is -2.34. The van der Waals surface area contributed by atoms with Crippen molar-refractivity contribution in [2.24, 2.45) is 0 Å². The van der Waals surface area contributed by atoms with E-state index in [0.29, 0.717) is 17.3 Å². The van der Waals surface area contributed by atoms with Gasteiger partial charge in [0.15, 0.2) is 5.69 Å². The summed E-state index contributed by atoms with van der Waals surface area (Å²) in [5.74, 6) is -0.319. The maximum atomic E-state index is 12.2. The molecule has 0 fully saturated rings. The van der Waals surface area contributed by atoms with E-state index in [-0.39, 0.29) is 23.3 Å². The largest absolute Gasteiger partial charge is 0.497 e. The van der Waals surface area contributed by atoms with Gasteiger partial charge >= 0.3 is 0 Å². The summed E-state index contributed by atoms with van der Waals surface area (Å²) in [6.45, 7) is 0.415. The molecule has 2 aromatic rings. The minimum atomic E-state index is -0.319. The van der Waals surface area contributed by atoms with Gasteiger partial charge in [0.1, 0.15) is 6.10 Å². The molecule has 0 saturated carbocycles.